The van der Waals surface area contributed by atoms with Gasteiger partial charge in [0.15, 0.2) is 0 Å². The lowest BCUT2D eigenvalue weighted by atomic mass is 10.2. The molecule has 0 bridgehead atoms. The van der Waals surface area contributed by atoms with Crippen molar-refractivity contribution in [3.05, 3.63) is 28.7 Å². The molecular weight excluding hydrogens is 306 g/mol. The van der Waals surface area contributed by atoms with Crippen LogP contribution in [-0.2, 0) is 4.79 Å². The van der Waals surface area contributed by atoms with Gasteiger partial charge in [-0.25, -0.2) is 0 Å². The Balaban J connectivity index is 1.74. The lowest BCUT2D eigenvalue weighted by molar-refractivity contribution is -0.131. The summed E-state index contributed by atoms with van der Waals surface area (Å²) in [6.07, 6.45) is 5.24. The highest BCUT2D eigenvalue weighted by molar-refractivity contribution is 9.10. The van der Waals surface area contributed by atoms with Crippen LogP contribution < -0.4 is 4.74 Å². The highest BCUT2D eigenvalue weighted by Gasteiger charge is 2.15. The first-order valence-corrected chi connectivity index (χ1v) is 7.71. The van der Waals surface area contributed by atoms with Gasteiger partial charge in [0.25, 0.3) is 0 Å². The van der Waals surface area contributed by atoms with Crippen LogP contribution in [0.15, 0.2) is 28.7 Å². The number of amides is 1. The van der Waals surface area contributed by atoms with E-state index in [4.69, 9.17) is 4.74 Å². The standard InChI is InChI=1S/C15H20BrNO2/c16-13-6-5-7-14(12-13)19-11-8-15(18)17-9-3-1-2-4-10-17/h5-7,12H,1-4,8-11H2. The van der Waals surface area contributed by atoms with Crippen LogP contribution >= 0.6 is 15.9 Å². The molecule has 0 unspecified atom stereocenters. The van der Waals surface area contributed by atoms with Gasteiger partial charge in [0, 0.05) is 17.6 Å². The SMILES string of the molecule is O=C(CCOc1cccc(Br)c1)N1CCCCCC1. The van der Waals surface area contributed by atoms with Gasteiger partial charge in [-0.1, -0.05) is 34.8 Å². The first-order chi connectivity index (χ1) is 9.25. The monoisotopic (exact) mass is 325 g/mol. The van der Waals surface area contributed by atoms with E-state index in [1.165, 1.54) is 12.8 Å². The van der Waals surface area contributed by atoms with E-state index in [0.717, 1.165) is 36.2 Å². The van der Waals surface area contributed by atoms with Crippen molar-refractivity contribution < 1.29 is 9.53 Å². The summed E-state index contributed by atoms with van der Waals surface area (Å²) in [4.78, 5) is 14.0. The number of carbonyl (C=O) groups is 1. The minimum atomic E-state index is 0.219. The summed E-state index contributed by atoms with van der Waals surface area (Å²) in [5.41, 5.74) is 0. The maximum absolute atomic E-state index is 12.0. The third-order valence-electron chi connectivity index (χ3n) is 3.34. The Morgan fingerprint density at radius 2 is 1.95 bits per heavy atom. The van der Waals surface area contributed by atoms with Crippen molar-refractivity contribution in [1.82, 2.24) is 4.90 Å². The summed E-state index contributed by atoms with van der Waals surface area (Å²) in [6, 6.07) is 7.70. The minimum absolute atomic E-state index is 0.219. The highest BCUT2D eigenvalue weighted by Crippen LogP contribution is 2.18. The normalized spacial score (nSPS) is 15.9. The Kier molecular flexibility index (Phi) is 5.70. The molecule has 1 aromatic carbocycles. The topological polar surface area (TPSA) is 29.5 Å². The fraction of sp³-hybridized carbons (Fsp3) is 0.533. The number of carbonyl (C=O) groups excluding carboxylic acids is 1. The third kappa shape index (κ3) is 4.86. The van der Waals surface area contributed by atoms with Crippen molar-refractivity contribution in [2.45, 2.75) is 32.1 Å². The fourth-order valence-electron chi connectivity index (χ4n) is 2.29. The number of benzene rings is 1. The Labute approximate surface area is 123 Å². The third-order valence-corrected chi connectivity index (χ3v) is 3.83. The highest BCUT2D eigenvalue weighted by atomic mass is 79.9. The second kappa shape index (κ2) is 7.53. The zero-order valence-electron chi connectivity index (χ0n) is 11.1. The predicted molar refractivity (Wildman–Crippen MR) is 79.3 cm³/mol. The molecule has 0 radical (unpaired) electrons. The van der Waals surface area contributed by atoms with Crippen molar-refractivity contribution in [2.24, 2.45) is 0 Å². The van der Waals surface area contributed by atoms with Crippen molar-refractivity contribution in [3.63, 3.8) is 0 Å². The van der Waals surface area contributed by atoms with Crippen LogP contribution in [0.3, 0.4) is 0 Å². The molecule has 0 N–H and O–H groups in total. The Morgan fingerprint density at radius 1 is 1.21 bits per heavy atom. The number of likely N-dealkylation sites (tertiary alicyclic amines) is 1. The van der Waals surface area contributed by atoms with Crippen LogP contribution in [0, 0.1) is 0 Å². The molecule has 0 atom stereocenters. The molecular formula is C15H20BrNO2. The minimum Gasteiger partial charge on any atom is -0.493 e. The van der Waals surface area contributed by atoms with Gasteiger partial charge in [0.1, 0.15) is 5.75 Å². The second-order valence-corrected chi connectivity index (χ2v) is 5.77. The van der Waals surface area contributed by atoms with Crippen LogP contribution in [0.4, 0.5) is 0 Å². The van der Waals surface area contributed by atoms with E-state index >= 15 is 0 Å². The first kappa shape index (κ1) is 14.4. The van der Waals surface area contributed by atoms with Crippen LogP contribution in [0.25, 0.3) is 0 Å². The van der Waals surface area contributed by atoms with Crippen LogP contribution in [0.2, 0.25) is 0 Å². The summed E-state index contributed by atoms with van der Waals surface area (Å²) in [6.45, 7) is 2.28. The van der Waals surface area contributed by atoms with Gasteiger partial charge in [-0.2, -0.15) is 0 Å². The number of hydrogen-bond donors (Lipinski definition) is 0. The molecule has 104 valence electrons. The van der Waals surface area contributed by atoms with E-state index in [1.54, 1.807) is 0 Å². The largest absolute Gasteiger partial charge is 0.493 e. The summed E-state index contributed by atoms with van der Waals surface area (Å²) in [5, 5.41) is 0. The molecule has 0 aliphatic carbocycles. The molecule has 4 heteroatoms. The predicted octanol–water partition coefficient (Wildman–Crippen LogP) is 3.62. The Morgan fingerprint density at radius 3 is 2.63 bits per heavy atom. The molecule has 1 fully saturated rings. The summed E-state index contributed by atoms with van der Waals surface area (Å²) in [5.74, 6) is 1.02. The number of halogens is 1. The first-order valence-electron chi connectivity index (χ1n) is 6.92. The maximum Gasteiger partial charge on any atom is 0.225 e. The van der Waals surface area contributed by atoms with Crippen molar-refractivity contribution in [3.8, 4) is 5.75 Å². The zero-order chi connectivity index (χ0) is 13.5. The van der Waals surface area contributed by atoms with Gasteiger partial charge in [0.05, 0.1) is 13.0 Å². The molecule has 0 spiro atoms. The smallest absolute Gasteiger partial charge is 0.225 e. The molecule has 1 saturated heterocycles. The summed E-state index contributed by atoms with van der Waals surface area (Å²) in [7, 11) is 0. The Bertz CT molecular complexity index is 414. The van der Waals surface area contributed by atoms with Crippen LogP contribution in [-0.4, -0.2) is 30.5 Å². The van der Waals surface area contributed by atoms with Gasteiger partial charge in [-0.3, -0.25) is 4.79 Å². The van der Waals surface area contributed by atoms with Crippen molar-refractivity contribution in [1.29, 1.82) is 0 Å². The zero-order valence-corrected chi connectivity index (χ0v) is 12.7. The van der Waals surface area contributed by atoms with Gasteiger partial charge in [-0.15, -0.1) is 0 Å². The molecule has 1 aliphatic heterocycles. The number of ether oxygens (including phenoxy) is 1. The van der Waals surface area contributed by atoms with Gasteiger partial charge < -0.3 is 9.64 Å². The van der Waals surface area contributed by atoms with E-state index < -0.39 is 0 Å². The second-order valence-electron chi connectivity index (χ2n) is 4.85. The average molecular weight is 326 g/mol. The van der Waals surface area contributed by atoms with Crippen LogP contribution in [0.5, 0.6) is 5.75 Å². The molecule has 3 nitrogen and oxygen atoms in total. The fourth-order valence-corrected chi connectivity index (χ4v) is 2.67. The summed E-state index contributed by atoms with van der Waals surface area (Å²) >= 11 is 3.40. The van der Waals surface area contributed by atoms with Gasteiger partial charge in [-0.05, 0) is 31.0 Å². The number of rotatable bonds is 4. The van der Waals surface area contributed by atoms with E-state index in [2.05, 4.69) is 15.9 Å². The van der Waals surface area contributed by atoms with E-state index in [0.29, 0.717) is 13.0 Å². The molecule has 1 heterocycles. The molecule has 2 rings (SSSR count). The Hall–Kier alpha value is -1.03. The molecule has 0 saturated carbocycles. The molecule has 0 aromatic heterocycles. The molecule has 1 amide bonds. The van der Waals surface area contributed by atoms with Crippen molar-refractivity contribution in [2.75, 3.05) is 19.7 Å². The van der Waals surface area contributed by atoms with E-state index in [1.807, 2.05) is 29.2 Å². The lowest BCUT2D eigenvalue weighted by Crippen LogP contribution is -2.32. The summed E-state index contributed by atoms with van der Waals surface area (Å²) < 4.78 is 6.59. The molecule has 1 aliphatic rings. The maximum atomic E-state index is 12.0. The molecule has 19 heavy (non-hydrogen) atoms. The van der Waals surface area contributed by atoms with Crippen molar-refractivity contribution >= 4 is 21.8 Å². The van der Waals surface area contributed by atoms with Gasteiger partial charge in [0.2, 0.25) is 5.91 Å². The lowest BCUT2D eigenvalue weighted by Gasteiger charge is -2.20. The van der Waals surface area contributed by atoms with E-state index in [-0.39, 0.29) is 5.91 Å². The van der Waals surface area contributed by atoms with Gasteiger partial charge >= 0.3 is 0 Å². The van der Waals surface area contributed by atoms with E-state index in [9.17, 15) is 4.79 Å². The van der Waals surface area contributed by atoms with Crippen LogP contribution in [0.1, 0.15) is 32.1 Å². The average Bonchev–Trinajstić information content (AvgIpc) is 2.67. The number of nitrogens with zero attached hydrogens (tertiary/aromatic N) is 1. The number of hydrogen-bond acceptors (Lipinski definition) is 2. The quantitative estimate of drug-likeness (QED) is 0.846. The molecule has 1 aromatic rings.